The maximum atomic E-state index is 14.2. The second-order valence-corrected chi connectivity index (χ2v) is 10.6. The lowest BCUT2D eigenvalue weighted by molar-refractivity contribution is -0.0592. The number of hydrogen-bond donors (Lipinski definition) is 1. The third kappa shape index (κ3) is 5.33. The van der Waals surface area contributed by atoms with Gasteiger partial charge in [0, 0.05) is 48.1 Å². The average molecular weight is 578 g/mol. The first-order valence-electron chi connectivity index (χ1n) is 13.3. The Morgan fingerprint density at radius 1 is 1.20 bits per heavy atom. The molecule has 1 fully saturated rings. The summed E-state index contributed by atoms with van der Waals surface area (Å²) < 4.78 is 32.5. The van der Waals surface area contributed by atoms with Crippen LogP contribution < -0.4 is 10.5 Å². The number of hydrogen-bond acceptors (Lipinski definition) is 9. The molecule has 0 spiro atoms. The van der Waals surface area contributed by atoms with Crippen molar-refractivity contribution in [3.8, 4) is 17.3 Å². The largest absolute Gasteiger partial charge is 0.473 e. The maximum absolute atomic E-state index is 14.2. The Balaban J connectivity index is 1.11. The molecule has 0 amide bonds. The van der Waals surface area contributed by atoms with Crippen LogP contribution in [0.2, 0.25) is 5.02 Å². The number of benzene rings is 1. The predicted molar refractivity (Wildman–Crippen MR) is 146 cm³/mol. The fourth-order valence-corrected chi connectivity index (χ4v) is 5.29. The first-order valence-corrected chi connectivity index (χ1v) is 13.7. The zero-order valence-electron chi connectivity index (χ0n) is 21.8. The van der Waals surface area contributed by atoms with Crippen LogP contribution in [0, 0.1) is 5.82 Å². The van der Waals surface area contributed by atoms with Crippen LogP contribution in [-0.4, -0.2) is 53.8 Å². The van der Waals surface area contributed by atoms with Crippen LogP contribution in [0.3, 0.4) is 0 Å². The maximum Gasteiger partial charge on any atom is 0.439 e. The van der Waals surface area contributed by atoms with Crippen LogP contribution in [0.4, 0.5) is 4.39 Å². The van der Waals surface area contributed by atoms with Gasteiger partial charge in [-0.2, -0.15) is 0 Å². The molecule has 1 saturated heterocycles. The van der Waals surface area contributed by atoms with E-state index in [1.807, 2.05) is 18.2 Å². The van der Waals surface area contributed by atoms with Crippen molar-refractivity contribution in [2.75, 3.05) is 13.2 Å². The third-order valence-corrected chi connectivity index (χ3v) is 7.66. The van der Waals surface area contributed by atoms with Crippen LogP contribution >= 0.6 is 11.6 Å². The highest BCUT2D eigenvalue weighted by Gasteiger charge is 2.25. The summed E-state index contributed by atoms with van der Waals surface area (Å²) in [4.78, 5) is 30.6. The Morgan fingerprint density at radius 3 is 2.88 bits per heavy atom. The minimum atomic E-state index is -0.627. The summed E-state index contributed by atoms with van der Waals surface area (Å²) in [7, 11) is 0. The van der Waals surface area contributed by atoms with Crippen LogP contribution in [0.1, 0.15) is 29.1 Å². The van der Waals surface area contributed by atoms with E-state index in [0.717, 1.165) is 48.7 Å². The Labute approximate surface area is 237 Å². The van der Waals surface area contributed by atoms with E-state index in [4.69, 9.17) is 31.0 Å². The molecule has 0 aliphatic carbocycles. The minimum absolute atomic E-state index is 0.0585. The molecule has 13 heteroatoms. The quantitative estimate of drug-likeness (QED) is 0.292. The van der Waals surface area contributed by atoms with Gasteiger partial charge in [-0.3, -0.25) is 14.4 Å². The summed E-state index contributed by atoms with van der Waals surface area (Å²) >= 11 is 5.85. The van der Waals surface area contributed by atoms with Crippen LogP contribution in [-0.2, 0) is 37.4 Å². The molecular formula is C28H25ClFN7O4. The number of nitrogens with one attached hydrogen (secondary N) is 1. The number of halogens is 2. The zero-order valence-corrected chi connectivity index (χ0v) is 22.6. The Kier molecular flexibility index (Phi) is 6.73. The van der Waals surface area contributed by atoms with Gasteiger partial charge < -0.3 is 14.0 Å². The van der Waals surface area contributed by atoms with Crippen LogP contribution in [0.25, 0.3) is 22.6 Å². The van der Waals surface area contributed by atoms with Gasteiger partial charge >= 0.3 is 5.76 Å². The van der Waals surface area contributed by atoms with Gasteiger partial charge in [-0.1, -0.05) is 28.9 Å². The van der Waals surface area contributed by atoms with E-state index in [9.17, 15) is 9.18 Å². The van der Waals surface area contributed by atoms with Crippen molar-refractivity contribution in [1.82, 2.24) is 34.6 Å². The SMILES string of the molecule is O=c1[nH]c(-c2cnc3c(c2)nc(CN2CCc4ccc(OCc5ccc(Cl)cc5F)nc4C2)n3C[C@@H]2CCO2)no1. The van der Waals surface area contributed by atoms with Gasteiger partial charge in [0.15, 0.2) is 11.5 Å². The lowest BCUT2D eigenvalue weighted by atomic mass is 10.1. The van der Waals surface area contributed by atoms with Gasteiger partial charge in [0.05, 0.1) is 24.9 Å². The van der Waals surface area contributed by atoms with E-state index in [-0.39, 0.29) is 12.7 Å². The van der Waals surface area contributed by atoms with E-state index in [1.54, 1.807) is 18.3 Å². The number of fused-ring (bicyclic) bond motifs is 2. The number of ether oxygens (including phenoxy) is 2. The molecule has 210 valence electrons. The second kappa shape index (κ2) is 10.7. The van der Waals surface area contributed by atoms with Crippen LogP contribution in [0.5, 0.6) is 5.88 Å². The molecule has 1 atom stereocenters. The molecule has 0 unspecified atom stereocenters. The summed E-state index contributed by atoms with van der Waals surface area (Å²) in [6, 6.07) is 10.2. The van der Waals surface area contributed by atoms with Crippen molar-refractivity contribution >= 4 is 22.8 Å². The number of imidazole rings is 1. The Morgan fingerprint density at radius 2 is 2.10 bits per heavy atom. The predicted octanol–water partition coefficient (Wildman–Crippen LogP) is 3.89. The van der Waals surface area contributed by atoms with Gasteiger partial charge in [-0.15, -0.1) is 0 Å². The summed E-state index contributed by atoms with van der Waals surface area (Å²) in [5.41, 5.74) is 4.55. The van der Waals surface area contributed by atoms with Gasteiger partial charge in [-0.05, 0) is 36.6 Å². The van der Waals surface area contributed by atoms with Gasteiger partial charge in [0.25, 0.3) is 0 Å². The standard InChI is InChI=1S/C28H25ClFN7O4/c29-19-3-1-17(21(30)10-19)15-40-25-4-2-16-5-7-36(13-23(16)33-25)14-24-32-22-9-18(26-34-28(38)41-35-26)11-31-27(22)37(24)12-20-6-8-39-20/h1-4,9-11,20H,5-8,12-15H2,(H,34,35,38)/t20-/m0/s1. The van der Waals surface area contributed by atoms with Crippen LogP contribution in [0.15, 0.2) is 51.9 Å². The third-order valence-electron chi connectivity index (χ3n) is 7.43. The summed E-state index contributed by atoms with van der Waals surface area (Å²) in [5.74, 6) is 0.573. The average Bonchev–Trinajstić information content (AvgIpc) is 3.52. The highest BCUT2D eigenvalue weighted by Crippen LogP contribution is 2.26. The second-order valence-electron chi connectivity index (χ2n) is 10.2. The number of pyridine rings is 2. The summed E-state index contributed by atoms with van der Waals surface area (Å²) in [5, 5.41) is 4.11. The molecule has 6 heterocycles. The number of H-pyrrole nitrogens is 1. The fourth-order valence-electron chi connectivity index (χ4n) is 5.14. The molecule has 7 rings (SSSR count). The normalized spacial score (nSPS) is 17.0. The molecule has 0 saturated carbocycles. The molecule has 1 aromatic carbocycles. The van der Waals surface area contributed by atoms with Gasteiger partial charge in [-0.25, -0.2) is 24.1 Å². The van der Waals surface area contributed by atoms with E-state index < -0.39 is 11.6 Å². The van der Waals surface area contributed by atoms with Crippen molar-refractivity contribution in [3.05, 3.63) is 86.6 Å². The lowest BCUT2D eigenvalue weighted by Crippen LogP contribution is -2.34. The van der Waals surface area contributed by atoms with E-state index in [0.29, 0.717) is 53.0 Å². The van der Waals surface area contributed by atoms with Crippen molar-refractivity contribution in [2.24, 2.45) is 0 Å². The Bertz CT molecular complexity index is 1800. The monoisotopic (exact) mass is 577 g/mol. The van der Waals surface area contributed by atoms with Gasteiger partial charge in [0.2, 0.25) is 5.88 Å². The molecule has 1 N–H and O–H groups in total. The molecule has 11 nitrogen and oxygen atoms in total. The first-order chi connectivity index (χ1) is 20.0. The summed E-state index contributed by atoms with van der Waals surface area (Å²) in [6.45, 7) is 3.51. The molecule has 41 heavy (non-hydrogen) atoms. The van der Waals surface area contributed by atoms with Crippen molar-refractivity contribution in [1.29, 1.82) is 0 Å². The molecule has 4 aromatic heterocycles. The molecular weight excluding hydrogens is 553 g/mol. The number of rotatable bonds is 8. The van der Waals surface area contributed by atoms with E-state index >= 15 is 0 Å². The number of aromatic amines is 1. The minimum Gasteiger partial charge on any atom is -0.473 e. The molecule has 0 bridgehead atoms. The number of aromatic nitrogens is 6. The summed E-state index contributed by atoms with van der Waals surface area (Å²) in [6.07, 6.45) is 3.59. The Hall–Kier alpha value is -4.13. The van der Waals surface area contributed by atoms with Crippen molar-refractivity contribution < 1.29 is 18.4 Å². The molecule has 2 aliphatic rings. The lowest BCUT2D eigenvalue weighted by Gasteiger charge is -2.30. The topological polar surface area (TPSA) is 124 Å². The highest BCUT2D eigenvalue weighted by molar-refractivity contribution is 6.30. The van der Waals surface area contributed by atoms with Crippen molar-refractivity contribution in [2.45, 2.75) is 45.2 Å². The molecule has 5 aromatic rings. The van der Waals surface area contributed by atoms with Gasteiger partial charge in [0.1, 0.15) is 23.8 Å². The zero-order chi connectivity index (χ0) is 27.9. The first kappa shape index (κ1) is 25.8. The molecule has 2 aliphatic heterocycles. The van der Waals surface area contributed by atoms with Crippen molar-refractivity contribution in [3.63, 3.8) is 0 Å². The fraction of sp³-hybridized carbons (Fsp3) is 0.321. The highest BCUT2D eigenvalue weighted by atomic mass is 35.5. The molecule has 0 radical (unpaired) electrons. The van der Waals surface area contributed by atoms with E-state index in [2.05, 4.69) is 29.1 Å². The number of nitrogens with zero attached hydrogens (tertiary/aromatic N) is 6. The smallest absolute Gasteiger partial charge is 0.439 e. The van der Waals surface area contributed by atoms with E-state index in [1.165, 1.54) is 6.07 Å².